The van der Waals surface area contributed by atoms with E-state index in [1.165, 1.54) is 15.6 Å². The van der Waals surface area contributed by atoms with E-state index in [-0.39, 0.29) is 16.6 Å². The molecule has 0 amide bonds. The fraction of sp³-hybridized carbons (Fsp3) is 0.302. The molecule has 7 heteroatoms. The molecule has 50 heavy (non-hydrogen) atoms. The van der Waals surface area contributed by atoms with Gasteiger partial charge in [0.05, 0.1) is 18.8 Å². The molecule has 6 rings (SSSR count). The predicted molar refractivity (Wildman–Crippen MR) is 213 cm³/mol. The normalized spacial score (nSPS) is 21.5. The molecule has 0 saturated carbocycles. The van der Waals surface area contributed by atoms with Crippen LogP contribution in [0.5, 0.6) is 0 Å². The first kappa shape index (κ1) is 36.5. The lowest BCUT2D eigenvalue weighted by molar-refractivity contribution is -0.200. The van der Waals surface area contributed by atoms with Crippen LogP contribution in [0.1, 0.15) is 33.3 Å². The van der Waals surface area contributed by atoms with E-state index in [0.717, 1.165) is 10.5 Å². The summed E-state index contributed by atoms with van der Waals surface area (Å²) in [6.45, 7) is 14.1. The van der Waals surface area contributed by atoms with Crippen LogP contribution in [-0.2, 0) is 24.9 Å². The molecule has 0 aliphatic carbocycles. The molecule has 0 spiro atoms. The van der Waals surface area contributed by atoms with Gasteiger partial charge in [0.2, 0.25) is 0 Å². The van der Waals surface area contributed by atoms with E-state index < -0.39 is 34.9 Å². The van der Waals surface area contributed by atoms with Gasteiger partial charge in [0.15, 0.2) is 8.32 Å². The van der Waals surface area contributed by atoms with E-state index >= 15 is 0 Å². The van der Waals surface area contributed by atoms with Crippen LogP contribution in [0.4, 0.5) is 0 Å². The van der Waals surface area contributed by atoms with Gasteiger partial charge in [-0.25, -0.2) is 0 Å². The Morgan fingerprint density at radius 3 is 1.48 bits per heavy atom. The van der Waals surface area contributed by atoms with Crippen LogP contribution >= 0.6 is 11.8 Å². The first-order chi connectivity index (χ1) is 24.1. The van der Waals surface area contributed by atoms with Gasteiger partial charge >= 0.3 is 0 Å². The minimum atomic E-state index is -3.14. The molecule has 1 heterocycles. The summed E-state index contributed by atoms with van der Waals surface area (Å²) >= 11 is 1.70. The zero-order chi connectivity index (χ0) is 35.2. The molecule has 5 aromatic carbocycles. The van der Waals surface area contributed by atoms with Crippen molar-refractivity contribution in [1.29, 1.82) is 0 Å². The molecule has 1 fully saturated rings. The lowest BCUT2D eigenvalue weighted by atomic mass is 10.0. The summed E-state index contributed by atoms with van der Waals surface area (Å²) in [4.78, 5) is 1.13. The number of rotatable bonds is 12. The molecule has 0 N–H and O–H groups in total. The number of hydrogen-bond donors (Lipinski definition) is 0. The predicted octanol–water partition coefficient (Wildman–Crippen LogP) is 8.55. The molecular weight excluding hydrogens is 669 g/mol. The van der Waals surface area contributed by atoms with Crippen molar-refractivity contribution < 1.29 is 18.3 Å². The maximum Gasteiger partial charge on any atom is 0.288 e. The Morgan fingerprint density at radius 2 is 1.02 bits per heavy atom. The van der Waals surface area contributed by atoms with Gasteiger partial charge in [-0.05, 0) is 58.3 Å². The second-order valence-corrected chi connectivity index (χ2v) is 23.9. The van der Waals surface area contributed by atoms with Gasteiger partial charge in [-0.1, -0.05) is 172 Å². The third kappa shape index (κ3) is 8.10. The van der Waals surface area contributed by atoms with Crippen LogP contribution < -0.4 is 15.6 Å². The third-order valence-corrected chi connectivity index (χ3v) is 19.8. The highest BCUT2D eigenvalue weighted by molar-refractivity contribution is 7.99. The van der Waals surface area contributed by atoms with Crippen LogP contribution in [0.25, 0.3) is 0 Å². The van der Waals surface area contributed by atoms with Gasteiger partial charge in [0.25, 0.3) is 8.32 Å². The average molecular weight is 719 g/mol. The molecular formula is C43H50O4SSi2. The molecule has 1 aliphatic rings. The van der Waals surface area contributed by atoms with E-state index in [1.807, 2.05) is 12.1 Å². The van der Waals surface area contributed by atoms with Crippen molar-refractivity contribution in [2.45, 2.75) is 87.2 Å². The number of hydrogen-bond acceptors (Lipinski definition) is 5. The van der Waals surface area contributed by atoms with Crippen LogP contribution in [0.3, 0.4) is 0 Å². The van der Waals surface area contributed by atoms with E-state index in [4.69, 9.17) is 18.3 Å². The molecule has 5 aromatic rings. The molecule has 0 radical (unpaired) electrons. The van der Waals surface area contributed by atoms with Crippen molar-refractivity contribution in [3.05, 3.63) is 157 Å². The summed E-state index contributed by atoms with van der Waals surface area (Å²) in [5.41, 5.74) is 0.798. The van der Waals surface area contributed by atoms with Gasteiger partial charge in [-0.2, -0.15) is 0 Å². The van der Waals surface area contributed by atoms with Crippen molar-refractivity contribution in [3.8, 4) is 0 Å². The van der Waals surface area contributed by atoms with Crippen molar-refractivity contribution in [1.82, 2.24) is 0 Å². The lowest BCUT2D eigenvalue weighted by Crippen LogP contribution is -2.74. The van der Waals surface area contributed by atoms with Crippen LogP contribution in [0.15, 0.2) is 157 Å². The largest absolute Gasteiger partial charge is 0.408 e. The quantitative estimate of drug-likeness (QED) is 0.0955. The molecule has 0 bridgehead atoms. The summed E-state index contributed by atoms with van der Waals surface area (Å²) in [5, 5.41) is 3.51. The van der Waals surface area contributed by atoms with Gasteiger partial charge in [0, 0.05) is 4.90 Å². The van der Waals surface area contributed by atoms with E-state index in [1.54, 1.807) is 11.8 Å². The minimum Gasteiger partial charge on any atom is -0.408 e. The van der Waals surface area contributed by atoms with E-state index in [9.17, 15) is 0 Å². The summed E-state index contributed by atoms with van der Waals surface area (Å²) in [6.07, 6.45) is -1.52. The molecule has 5 atom stereocenters. The first-order valence-corrected chi connectivity index (χ1v) is 23.3. The standard InChI is InChI=1S/C43H50O4SSi2/c1-33-39(47-50(36-26-16-9-17-27-36,37-28-18-10-19-29-37)38-30-20-11-21-31-38)40(46-49(5,6)43(2,3)4)41(44-32-34-22-12-7-13-23-34)42(45-33)48-35-24-14-8-15-25-35/h7-31,33,39-42H,32H2,1-6H3/t33-,39-,40+,41+,42-/m0/s1. The smallest absolute Gasteiger partial charge is 0.288 e. The van der Waals surface area contributed by atoms with Crippen LogP contribution in [0.2, 0.25) is 18.1 Å². The van der Waals surface area contributed by atoms with Gasteiger partial charge in [0.1, 0.15) is 17.6 Å². The topological polar surface area (TPSA) is 36.9 Å². The molecule has 1 saturated heterocycles. The Kier molecular flexibility index (Phi) is 11.6. The van der Waals surface area contributed by atoms with Gasteiger partial charge in [-0.3, -0.25) is 0 Å². The Balaban J connectivity index is 1.51. The maximum absolute atomic E-state index is 7.92. The number of thioether (sulfide) groups is 1. The highest BCUT2D eigenvalue weighted by atomic mass is 32.2. The summed E-state index contributed by atoms with van der Waals surface area (Å²) < 4.78 is 29.6. The lowest BCUT2D eigenvalue weighted by Gasteiger charge is -2.51. The fourth-order valence-corrected chi connectivity index (χ4v) is 13.0. The summed E-state index contributed by atoms with van der Waals surface area (Å²) in [7, 11) is -5.49. The second kappa shape index (κ2) is 15.9. The summed E-state index contributed by atoms with van der Waals surface area (Å²) in [5.74, 6) is 0. The molecule has 0 aromatic heterocycles. The third-order valence-electron chi connectivity index (χ3n) is 10.1. The zero-order valence-electron chi connectivity index (χ0n) is 30.1. The average Bonchev–Trinajstić information content (AvgIpc) is 3.13. The Labute approximate surface area is 305 Å². The highest BCUT2D eigenvalue weighted by Crippen LogP contribution is 2.43. The van der Waals surface area contributed by atoms with E-state index in [2.05, 4.69) is 180 Å². The van der Waals surface area contributed by atoms with Crippen LogP contribution in [-0.4, -0.2) is 46.5 Å². The maximum atomic E-state index is 7.92. The molecule has 0 unspecified atom stereocenters. The van der Waals surface area contributed by atoms with Crippen molar-refractivity contribution in [3.63, 3.8) is 0 Å². The Bertz CT molecular complexity index is 1660. The first-order valence-electron chi connectivity index (χ1n) is 17.6. The Hall–Kier alpha value is -3.28. The van der Waals surface area contributed by atoms with Gasteiger partial charge < -0.3 is 18.3 Å². The molecule has 4 nitrogen and oxygen atoms in total. The highest BCUT2D eigenvalue weighted by Gasteiger charge is 2.55. The molecule has 260 valence electrons. The van der Waals surface area contributed by atoms with Crippen molar-refractivity contribution >= 4 is 44.0 Å². The second-order valence-electron chi connectivity index (χ2n) is 14.6. The Morgan fingerprint density at radius 1 is 0.580 bits per heavy atom. The number of ether oxygens (including phenoxy) is 2. The minimum absolute atomic E-state index is 0.0298. The van der Waals surface area contributed by atoms with Crippen LogP contribution in [0, 0.1) is 0 Å². The molecule has 1 aliphatic heterocycles. The fourth-order valence-electron chi connectivity index (χ4n) is 6.38. The van der Waals surface area contributed by atoms with Gasteiger partial charge in [-0.15, -0.1) is 0 Å². The summed E-state index contributed by atoms with van der Waals surface area (Å²) in [6, 6.07) is 53.1. The number of benzene rings is 5. The zero-order valence-corrected chi connectivity index (χ0v) is 32.9. The van der Waals surface area contributed by atoms with Crippen molar-refractivity contribution in [2.24, 2.45) is 0 Å². The SMILES string of the molecule is C[C@@H]1O[C@@H](Sc2ccccc2)[C@H](OCc2ccccc2)[C@H](O[Si](C)(C)C(C)(C)C)[C@H]1O[Si](c1ccccc1)(c1ccccc1)c1ccccc1. The van der Waals surface area contributed by atoms with Crippen molar-refractivity contribution in [2.75, 3.05) is 0 Å². The van der Waals surface area contributed by atoms with E-state index in [0.29, 0.717) is 6.61 Å². The monoisotopic (exact) mass is 718 g/mol.